The molecule has 1 aromatic heterocycles. The molecule has 40 heavy (non-hydrogen) atoms. The van der Waals surface area contributed by atoms with E-state index in [9.17, 15) is 26.8 Å². The Morgan fingerprint density at radius 1 is 1.07 bits per heavy atom. The molecule has 1 atom stereocenters. The van der Waals surface area contributed by atoms with Gasteiger partial charge in [-0.15, -0.1) is 0 Å². The van der Waals surface area contributed by atoms with Gasteiger partial charge in [0.05, 0.1) is 42.1 Å². The summed E-state index contributed by atoms with van der Waals surface area (Å²) in [5, 5.41) is 4.80. The van der Waals surface area contributed by atoms with E-state index in [1.807, 2.05) is 4.68 Å². The Morgan fingerprint density at radius 3 is 2.60 bits per heavy atom. The Balaban J connectivity index is 1.28. The number of ether oxygens (including phenoxy) is 1. The van der Waals surface area contributed by atoms with E-state index in [1.165, 1.54) is 4.90 Å². The highest BCUT2D eigenvalue weighted by atomic mass is 32.2. The zero-order valence-electron chi connectivity index (χ0n) is 22.2. The second-order valence-corrected chi connectivity index (χ2v) is 13.0. The number of alkyl halides is 2. The Morgan fingerprint density at radius 2 is 1.85 bits per heavy atom. The van der Waals surface area contributed by atoms with Crippen LogP contribution in [0.25, 0.3) is 11.3 Å². The van der Waals surface area contributed by atoms with Crippen molar-refractivity contribution in [3.8, 4) is 11.3 Å². The number of morpholine rings is 1. The first-order valence-corrected chi connectivity index (χ1v) is 15.5. The molecular weight excluding hydrogens is 544 g/mol. The van der Waals surface area contributed by atoms with Gasteiger partial charge in [0.2, 0.25) is 5.91 Å². The fourth-order valence-corrected chi connectivity index (χ4v) is 7.83. The van der Waals surface area contributed by atoms with Gasteiger partial charge in [-0.05, 0) is 25.5 Å². The Hall–Kier alpha value is -2.90. The lowest BCUT2D eigenvalue weighted by Crippen LogP contribution is -2.41. The predicted molar refractivity (Wildman–Crippen MR) is 141 cm³/mol. The highest BCUT2D eigenvalue weighted by Crippen LogP contribution is 2.42. The van der Waals surface area contributed by atoms with Crippen LogP contribution in [0.15, 0.2) is 29.2 Å². The summed E-state index contributed by atoms with van der Waals surface area (Å²) in [6, 6.07) is 6.68. The van der Waals surface area contributed by atoms with Gasteiger partial charge in [0.15, 0.2) is 15.5 Å². The van der Waals surface area contributed by atoms with Crippen molar-refractivity contribution in [2.24, 2.45) is 0 Å². The van der Waals surface area contributed by atoms with Gasteiger partial charge in [-0.3, -0.25) is 14.3 Å². The van der Waals surface area contributed by atoms with Crippen LogP contribution >= 0.6 is 0 Å². The van der Waals surface area contributed by atoms with Crippen LogP contribution in [0.4, 0.5) is 8.78 Å². The standard InChI is InChI=1S/C27H33F2N5O5S/c28-27(29)8-11-33(18-27)23(35)7-10-31-9-3-4-19(16-31)34-25-20-5-1-2-6-22(20)40(37,38)17-21(25)24(30-34)26(36)32-12-14-39-15-13-32/h1-2,5-6,19H,3-4,7-18H2. The number of amides is 2. The molecule has 0 bridgehead atoms. The number of aromatic nitrogens is 2. The van der Waals surface area contributed by atoms with Crippen LogP contribution in [0.1, 0.15) is 47.8 Å². The second kappa shape index (κ2) is 10.5. The fraction of sp³-hybridized carbons (Fsp3) is 0.593. The molecule has 4 aliphatic heterocycles. The minimum absolute atomic E-state index is 0.0795. The third-order valence-electron chi connectivity index (χ3n) is 8.31. The zero-order chi connectivity index (χ0) is 28.1. The topological polar surface area (TPSA) is 105 Å². The number of halogens is 2. The molecule has 0 radical (unpaired) electrons. The summed E-state index contributed by atoms with van der Waals surface area (Å²) in [6.07, 6.45) is 1.46. The molecule has 0 N–H and O–H groups in total. The molecular formula is C27H33F2N5O5S. The quantitative estimate of drug-likeness (QED) is 0.537. The van der Waals surface area contributed by atoms with E-state index in [1.54, 1.807) is 29.2 Å². The number of hydrogen-bond donors (Lipinski definition) is 0. The van der Waals surface area contributed by atoms with Crippen LogP contribution in [-0.4, -0.2) is 110 Å². The summed E-state index contributed by atoms with van der Waals surface area (Å²) in [7, 11) is -3.66. The molecule has 6 rings (SSSR count). The lowest BCUT2D eigenvalue weighted by molar-refractivity contribution is -0.132. The van der Waals surface area contributed by atoms with E-state index in [4.69, 9.17) is 9.84 Å². The van der Waals surface area contributed by atoms with Gasteiger partial charge >= 0.3 is 0 Å². The molecule has 2 aromatic rings. The molecule has 13 heteroatoms. The first kappa shape index (κ1) is 27.3. The van der Waals surface area contributed by atoms with Crippen LogP contribution < -0.4 is 0 Å². The van der Waals surface area contributed by atoms with Crippen molar-refractivity contribution < 1.29 is 31.5 Å². The maximum absolute atomic E-state index is 13.6. The van der Waals surface area contributed by atoms with Crippen LogP contribution in [0.5, 0.6) is 0 Å². The van der Waals surface area contributed by atoms with E-state index < -0.39 is 22.3 Å². The van der Waals surface area contributed by atoms with Crippen LogP contribution in [0.3, 0.4) is 0 Å². The van der Waals surface area contributed by atoms with E-state index in [0.29, 0.717) is 56.2 Å². The number of sulfone groups is 1. The van der Waals surface area contributed by atoms with Gasteiger partial charge in [0.1, 0.15) is 0 Å². The van der Waals surface area contributed by atoms with Crippen molar-refractivity contribution >= 4 is 21.7 Å². The van der Waals surface area contributed by atoms with Crippen molar-refractivity contribution in [1.82, 2.24) is 24.5 Å². The number of rotatable bonds is 5. The molecule has 216 valence electrons. The smallest absolute Gasteiger partial charge is 0.274 e. The highest BCUT2D eigenvalue weighted by Gasteiger charge is 2.41. The van der Waals surface area contributed by atoms with E-state index in [-0.39, 0.29) is 53.6 Å². The summed E-state index contributed by atoms with van der Waals surface area (Å²) in [5.74, 6) is -3.68. The maximum atomic E-state index is 13.6. The van der Waals surface area contributed by atoms with Gasteiger partial charge in [0, 0.05) is 56.7 Å². The predicted octanol–water partition coefficient (Wildman–Crippen LogP) is 2.20. The number of hydrogen-bond acceptors (Lipinski definition) is 7. The van der Waals surface area contributed by atoms with Gasteiger partial charge in [-0.1, -0.05) is 18.2 Å². The van der Waals surface area contributed by atoms with Crippen molar-refractivity contribution in [2.75, 3.05) is 59.0 Å². The van der Waals surface area contributed by atoms with Crippen molar-refractivity contribution in [1.29, 1.82) is 0 Å². The van der Waals surface area contributed by atoms with Crippen molar-refractivity contribution in [3.63, 3.8) is 0 Å². The largest absolute Gasteiger partial charge is 0.378 e. The lowest BCUT2D eigenvalue weighted by atomic mass is 10.0. The van der Waals surface area contributed by atoms with Gasteiger partial charge in [0.25, 0.3) is 11.8 Å². The van der Waals surface area contributed by atoms with Gasteiger partial charge in [-0.2, -0.15) is 5.10 Å². The Bertz CT molecular complexity index is 1420. The lowest BCUT2D eigenvalue weighted by Gasteiger charge is -2.34. The Labute approximate surface area is 231 Å². The van der Waals surface area contributed by atoms with E-state index >= 15 is 0 Å². The zero-order valence-corrected chi connectivity index (χ0v) is 23.0. The Kier molecular flexibility index (Phi) is 7.16. The third-order valence-corrected chi connectivity index (χ3v) is 10.0. The molecule has 1 unspecified atom stereocenters. The number of piperidine rings is 1. The molecule has 10 nitrogen and oxygen atoms in total. The monoisotopic (exact) mass is 577 g/mol. The molecule has 1 aromatic carbocycles. The average molecular weight is 578 g/mol. The summed E-state index contributed by atoms with van der Waals surface area (Å²) < 4.78 is 60.9. The number of carbonyl (C=O) groups is 2. The number of carbonyl (C=O) groups excluding carboxylic acids is 2. The maximum Gasteiger partial charge on any atom is 0.274 e. The minimum Gasteiger partial charge on any atom is -0.378 e. The molecule has 4 aliphatic rings. The summed E-state index contributed by atoms with van der Waals surface area (Å²) >= 11 is 0. The van der Waals surface area contributed by atoms with Crippen molar-refractivity contribution in [3.05, 3.63) is 35.5 Å². The molecule has 0 spiro atoms. The summed E-state index contributed by atoms with van der Waals surface area (Å²) in [6.45, 7) is 2.97. The minimum atomic E-state index is -3.66. The van der Waals surface area contributed by atoms with Gasteiger partial charge in [-0.25, -0.2) is 17.2 Å². The van der Waals surface area contributed by atoms with Crippen LogP contribution in [0.2, 0.25) is 0 Å². The number of benzene rings is 1. The first-order chi connectivity index (χ1) is 19.1. The third kappa shape index (κ3) is 5.14. The molecule has 3 saturated heterocycles. The highest BCUT2D eigenvalue weighted by molar-refractivity contribution is 7.90. The van der Waals surface area contributed by atoms with Crippen LogP contribution in [-0.2, 0) is 25.1 Å². The second-order valence-electron chi connectivity index (χ2n) is 11.0. The number of nitrogens with zero attached hydrogens (tertiary/aromatic N) is 5. The van der Waals surface area contributed by atoms with E-state index in [0.717, 1.165) is 19.4 Å². The number of likely N-dealkylation sites (tertiary alicyclic amines) is 2. The van der Waals surface area contributed by atoms with E-state index in [2.05, 4.69) is 4.90 Å². The molecule has 0 saturated carbocycles. The first-order valence-electron chi connectivity index (χ1n) is 13.8. The SMILES string of the molecule is O=C(CCN1CCCC(n2nc(C(=O)N3CCOCC3)c3c2-c2ccccc2S(=O)(=O)C3)C1)N1CCC(F)(F)C1. The van der Waals surface area contributed by atoms with Crippen molar-refractivity contribution in [2.45, 2.75) is 48.3 Å². The summed E-state index contributed by atoms with van der Waals surface area (Å²) in [5.41, 5.74) is 1.79. The summed E-state index contributed by atoms with van der Waals surface area (Å²) in [4.78, 5) is 31.4. The van der Waals surface area contributed by atoms with Crippen LogP contribution in [0, 0.1) is 0 Å². The average Bonchev–Trinajstić information content (AvgIpc) is 3.51. The van der Waals surface area contributed by atoms with Gasteiger partial charge < -0.3 is 19.4 Å². The molecule has 0 aliphatic carbocycles. The molecule has 2 amide bonds. The normalized spacial score (nSPS) is 24.0. The number of fused-ring (bicyclic) bond motifs is 3. The molecule has 3 fully saturated rings. The fourth-order valence-electron chi connectivity index (χ4n) is 6.24. The molecule has 5 heterocycles.